The van der Waals surface area contributed by atoms with Crippen molar-refractivity contribution in [2.45, 2.75) is 6.92 Å². The molecule has 0 unspecified atom stereocenters. The number of nitrogens with zero attached hydrogens (tertiary/aromatic N) is 1. The molecule has 0 saturated carbocycles. The Bertz CT molecular complexity index is 125. The van der Waals surface area contributed by atoms with E-state index in [2.05, 4.69) is 0 Å². The van der Waals surface area contributed by atoms with E-state index in [1.165, 1.54) is 11.8 Å². The lowest BCUT2D eigenvalue weighted by molar-refractivity contribution is 1.52. The van der Waals surface area contributed by atoms with Crippen molar-refractivity contribution in [3.8, 4) is 6.07 Å². The summed E-state index contributed by atoms with van der Waals surface area (Å²) in [6.07, 6.45) is 0. The molecular formula is C5H6ClNS. The van der Waals surface area contributed by atoms with Gasteiger partial charge in [-0.05, 0) is 5.75 Å². The highest BCUT2D eigenvalue weighted by Gasteiger charge is 1.82. The Morgan fingerprint density at radius 2 is 2.62 bits per heavy atom. The first-order valence-corrected chi connectivity index (χ1v) is 3.61. The topological polar surface area (TPSA) is 23.8 Å². The quantitative estimate of drug-likeness (QED) is 0.560. The van der Waals surface area contributed by atoms with Gasteiger partial charge in [-0.25, -0.2) is 0 Å². The molecule has 0 aliphatic rings. The number of halogens is 1. The number of nitriles is 1. The zero-order chi connectivity index (χ0) is 6.41. The average molecular weight is 148 g/mol. The van der Waals surface area contributed by atoms with Crippen LogP contribution in [0.25, 0.3) is 0 Å². The summed E-state index contributed by atoms with van der Waals surface area (Å²) in [6.45, 7) is 2.00. The van der Waals surface area contributed by atoms with Crippen molar-refractivity contribution >= 4 is 23.4 Å². The zero-order valence-electron chi connectivity index (χ0n) is 4.52. The molecule has 0 fully saturated rings. The van der Waals surface area contributed by atoms with E-state index in [1.807, 2.05) is 6.92 Å². The standard InChI is InChI=1S/C5H6ClNS/c1-2-8-4-5(6)3-7/h4H,2H2,1H3/b5-4-. The maximum Gasteiger partial charge on any atom is 0.124 e. The Hall–Kier alpha value is -0.130. The summed E-state index contributed by atoms with van der Waals surface area (Å²) in [7, 11) is 0. The van der Waals surface area contributed by atoms with Gasteiger partial charge in [0.1, 0.15) is 11.1 Å². The van der Waals surface area contributed by atoms with E-state index in [1.54, 1.807) is 11.5 Å². The second-order valence-electron chi connectivity index (χ2n) is 1.03. The summed E-state index contributed by atoms with van der Waals surface area (Å²) < 4.78 is 0. The third kappa shape index (κ3) is 4.04. The molecule has 0 radical (unpaired) electrons. The maximum atomic E-state index is 8.10. The summed E-state index contributed by atoms with van der Waals surface area (Å²) in [5.74, 6) is 0.956. The van der Waals surface area contributed by atoms with E-state index < -0.39 is 0 Å². The molecule has 3 heteroatoms. The van der Waals surface area contributed by atoms with Crippen molar-refractivity contribution in [1.82, 2.24) is 0 Å². The van der Waals surface area contributed by atoms with E-state index in [0.717, 1.165) is 5.75 Å². The average Bonchev–Trinajstić information content (AvgIpc) is 1.83. The summed E-state index contributed by atoms with van der Waals surface area (Å²) in [5, 5.41) is 10.00. The van der Waals surface area contributed by atoms with Crippen LogP contribution in [-0.2, 0) is 0 Å². The van der Waals surface area contributed by atoms with Gasteiger partial charge in [0.2, 0.25) is 0 Å². The first-order valence-electron chi connectivity index (χ1n) is 2.18. The molecule has 0 aliphatic carbocycles. The smallest absolute Gasteiger partial charge is 0.124 e. The molecule has 44 valence electrons. The lowest BCUT2D eigenvalue weighted by Crippen LogP contribution is -1.61. The van der Waals surface area contributed by atoms with Gasteiger partial charge in [-0.1, -0.05) is 18.5 Å². The number of hydrogen-bond donors (Lipinski definition) is 0. The molecule has 0 N–H and O–H groups in total. The minimum atomic E-state index is 0.261. The molecule has 0 spiro atoms. The van der Waals surface area contributed by atoms with Crippen molar-refractivity contribution in [2.75, 3.05) is 5.75 Å². The molecule has 0 aliphatic heterocycles. The molecule has 0 rings (SSSR count). The van der Waals surface area contributed by atoms with Crippen molar-refractivity contribution in [3.63, 3.8) is 0 Å². The minimum absolute atomic E-state index is 0.261. The normalized spacial score (nSPS) is 10.9. The molecule has 0 amide bonds. The predicted molar refractivity (Wildman–Crippen MR) is 37.7 cm³/mol. The SMILES string of the molecule is CCS/C=C(\Cl)C#N. The fourth-order valence-corrected chi connectivity index (χ4v) is 0.738. The van der Waals surface area contributed by atoms with Gasteiger partial charge in [0.15, 0.2) is 0 Å². The predicted octanol–water partition coefficient (Wildman–Crippen LogP) is 2.34. The Balaban J connectivity index is 3.46. The number of rotatable bonds is 2. The van der Waals surface area contributed by atoms with Crippen LogP contribution in [0.3, 0.4) is 0 Å². The van der Waals surface area contributed by atoms with Crippen LogP contribution in [0.4, 0.5) is 0 Å². The van der Waals surface area contributed by atoms with Crippen LogP contribution in [0, 0.1) is 11.3 Å². The number of allylic oxidation sites excluding steroid dienone is 1. The summed E-state index contributed by atoms with van der Waals surface area (Å²) >= 11 is 6.85. The third-order valence-electron chi connectivity index (χ3n) is 0.460. The third-order valence-corrected chi connectivity index (χ3v) is 1.52. The van der Waals surface area contributed by atoms with E-state index in [0.29, 0.717) is 0 Å². The zero-order valence-corrected chi connectivity index (χ0v) is 6.09. The Morgan fingerprint density at radius 3 is 3.00 bits per heavy atom. The summed E-state index contributed by atoms with van der Waals surface area (Å²) in [6, 6.07) is 1.81. The first-order chi connectivity index (χ1) is 3.81. The van der Waals surface area contributed by atoms with Crippen LogP contribution in [0.2, 0.25) is 0 Å². The fourth-order valence-electron chi connectivity index (χ4n) is 0.183. The molecule has 0 bridgehead atoms. The Morgan fingerprint density at radius 1 is 2.00 bits per heavy atom. The second-order valence-corrected chi connectivity index (χ2v) is 2.59. The fraction of sp³-hybridized carbons (Fsp3) is 0.400. The lowest BCUT2D eigenvalue weighted by atomic mass is 10.7. The van der Waals surface area contributed by atoms with E-state index in [9.17, 15) is 0 Å². The van der Waals surface area contributed by atoms with E-state index in [-0.39, 0.29) is 5.03 Å². The second kappa shape index (κ2) is 5.02. The molecule has 0 atom stereocenters. The molecule has 1 nitrogen and oxygen atoms in total. The minimum Gasteiger partial charge on any atom is -0.191 e. The van der Waals surface area contributed by atoms with Gasteiger partial charge >= 0.3 is 0 Å². The molecule has 0 aromatic carbocycles. The monoisotopic (exact) mass is 147 g/mol. The number of thioether (sulfide) groups is 1. The van der Waals surface area contributed by atoms with E-state index in [4.69, 9.17) is 16.9 Å². The van der Waals surface area contributed by atoms with Crippen molar-refractivity contribution in [2.24, 2.45) is 0 Å². The Kier molecular flexibility index (Phi) is 4.93. The van der Waals surface area contributed by atoms with Gasteiger partial charge in [0, 0.05) is 5.41 Å². The maximum absolute atomic E-state index is 8.10. The number of hydrogen-bond acceptors (Lipinski definition) is 2. The van der Waals surface area contributed by atoms with E-state index >= 15 is 0 Å². The van der Waals surface area contributed by atoms with Crippen LogP contribution >= 0.6 is 23.4 Å². The van der Waals surface area contributed by atoms with Crippen molar-refractivity contribution in [3.05, 3.63) is 10.4 Å². The van der Waals surface area contributed by atoms with Crippen LogP contribution < -0.4 is 0 Å². The largest absolute Gasteiger partial charge is 0.191 e. The van der Waals surface area contributed by atoms with Gasteiger partial charge in [-0.15, -0.1) is 11.8 Å². The molecule has 0 saturated heterocycles. The summed E-state index contributed by atoms with van der Waals surface area (Å²) in [4.78, 5) is 0. The summed E-state index contributed by atoms with van der Waals surface area (Å²) in [5.41, 5.74) is 0. The van der Waals surface area contributed by atoms with Crippen LogP contribution in [0.5, 0.6) is 0 Å². The highest BCUT2D eigenvalue weighted by Crippen LogP contribution is 2.08. The highest BCUT2D eigenvalue weighted by atomic mass is 35.5. The molecule has 0 aromatic rings. The molecule has 8 heavy (non-hydrogen) atoms. The Labute approximate surface area is 58.3 Å². The van der Waals surface area contributed by atoms with Gasteiger partial charge in [0.25, 0.3) is 0 Å². The first kappa shape index (κ1) is 7.87. The van der Waals surface area contributed by atoms with Crippen LogP contribution in [0.15, 0.2) is 10.4 Å². The van der Waals surface area contributed by atoms with Crippen molar-refractivity contribution in [1.29, 1.82) is 5.26 Å². The van der Waals surface area contributed by atoms with Gasteiger partial charge in [-0.3, -0.25) is 0 Å². The molecule has 0 heterocycles. The highest BCUT2D eigenvalue weighted by molar-refractivity contribution is 8.02. The molecule has 0 aromatic heterocycles. The molecular weight excluding hydrogens is 142 g/mol. The van der Waals surface area contributed by atoms with Gasteiger partial charge in [0.05, 0.1) is 0 Å². The van der Waals surface area contributed by atoms with Gasteiger partial charge in [-0.2, -0.15) is 5.26 Å². The lowest BCUT2D eigenvalue weighted by Gasteiger charge is -1.81. The van der Waals surface area contributed by atoms with Gasteiger partial charge < -0.3 is 0 Å². The van der Waals surface area contributed by atoms with Crippen molar-refractivity contribution < 1.29 is 0 Å². The van der Waals surface area contributed by atoms with Crippen LogP contribution in [0.1, 0.15) is 6.92 Å². The van der Waals surface area contributed by atoms with Crippen LogP contribution in [-0.4, -0.2) is 5.75 Å².